The molecule has 0 amide bonds. The average Bonchev–Trinajstić information content (AvgIpc) is 3.18. The molecule has 0 heterocycles. The lowest BCUT2D eigenvalue weighted by molar-refractivity contribution is -0.135. The molecule has 36 heavy (non-hydrogen) atoms. The van der Waals surface area contributed by atoms with Gasteiger partial charge >= 0.3 is 5.97 Å². The normalized spacial score (nSPS) is 38.7. The molecule has 0 bridgehead atoms. The maximum Gasteiger partial charge on any atom is 0.317 e. The summed E-state index contributed by atoms with van der Waals surface area (Å²) in [6.07, 6.45) is 18.8. The molecule has 0 aliphatic heterocycles. The molecule has 0 aromatic heterocycles. The van der Waals surface area contributed by atoms with Gasteiger partial charge in [0.15, 0.2) is 0 Å². The van der Waals surface area contributed by atoms with E-state index in [2.05, 4.69) is 46.0 Å². The number of ether oxygens (including phenoxy) is 1. The van der Waals surface area contributed by atoms with Gasteiger partial charge in [-0.25, -0.2) is 0 Å². The molecule has 0 saturated heterocycles. The lowest BCUT2D eigenvalue weighted by Gasteiger charge is -2.58. The monoisotopic (exact) mass is 501 g/mol. The smallest absolute Gasteiger partial charge is 0.317 e. The molecule has 2 N–H and O–H groups in total. The fourth-order valence-electron chi connectivity index (χ4n) is 9.44. The number of carboxylic acid groups (broad SMARTS) is 1. The predicted molar refractivity (Wildman–Crippen MR) is 148 cm³/mol. The molecule has 0 spiro atoms. The molecule has 8 atom stereocenters. The van der Waals surface area contributed by atoms with Crippen molar-refractivity contribution >= 4 is 5.97 Å². The molecule has 4 rings (SSSR count). The van der Waals surface area contributed by atoms with E-state index in [1.54, 1.807) is 5.57 Å². The van der Waals surface area contributed by atoms with Crippen molar-refractivity contribution in [3.05, 3.63) is 11.6 Å². The van der Waals surface area contributed by atoms with Gasteiger partial charge in [0.25, 0.3) is 0 Å². The molecule has 4 aliphatic carbocycles. The molecule has 3 unspecified atom stereocenters. The highest BCUT2D eigenvalue weighted by molar-refractivity contribution is 5.68. The lowest BCUT2D eigenvalue weighted by Crippen LogP contribution is -2.51. The number of carbonyl (C=O) groups is 1. The van der Waals surface area contributed by atoms with E-state index in [1.165, 1.54) is 64.2 Å². The lowest BCUT2D eigenvalue weighted by atomic mass is 9.47. The van der Waals surface area contributed by atoms with E-state index in [1.807, 2.05) is 0 Å². The van der Waals surface area contributed by atoms with Crippen molar-refractivity contribution in [3.8, 4) is 0 Å². The zero-order valence-corrected chi connectivity index (χ0v) is 24.0. The number of hydrogen-bond donors (Lipinski definition) is 2. The van der Waals surface area contributed by atoms with Crippen LogP contribution in [0.15, 0.2) is 11.6 Å². The Balaban J connectivity index is 1.33. The number of fused-ring (bicyclic) bond motifs is 5. The number of aliphatic carboxylic acids is 1. The van der Waals surface area contributed by atoms with Crippen LogP contribution in [0.1, 0.15) is 112 Å². The predicted octanol–water partition coefficient (Wildman–Crippen LogP) is 7.48. The highest BCUT2D eigenvalue weighted by Crippen LogP contribution is 2.67. The minimum Gasteiger partial charge on any atom is -0.480 e. The summed E-state index contributed by atoms with van der Waals surface area (Å²) >= 11 is 0. The number of rotatable bonds is 12. The minimum atomic E-state index is -0.794. The van der Waals surface area contributed by atoms with Crippen LogP contribution in [0, 0.1) is 46.3 Å². The molecule has 4 aliphatic rings. The van der Waals surface area contributed by atoms with Crippen molar-refractivity contribution in [2.24, 2.45) is 46.3 Å². The summed E-state index contributed by atoms with van der Waals surface area (Å²) in [7, 11) is 0. The second kappa shape index (κ2) is 11.9. The van der Waals surface area contributed by atoms with Gasteiger partial charge in [-0.05, 0) is 111 Å². The third-order valence-electron chi connectivity index (χ3n) is 11.4. The second-order valence-corrected chi connectivity index (χ2v) is 13.9. The molecule has 3 saturated carbocycles. The van der Waals surface area contributed by atoms with E-state index in [0.717, 1.165) is 55.0 Å². The molecule has 0 radical (unpaired) electrons. The fourth-order valence-corrected chi connectivity index (χ4v) is 9.44. The molecule has 206 valence electrons. The summed E-state index contributed by atoms with van der Waals surface area (Å²) in [6.45, 7) is 14.1. The summed E-state index contributed by atoms with van der Waals surface area (Å²) in [6, 6.07) is 0. The van der Waals surface area contributed by atoms with E-state index in [9.17, 15) is 4.79 Å². The molecular formula is C32H55NO3. The summed E-state index contributed by atoms with van der Waals surface area (Å²) in [5.41, 5.74) is 2.65. The van der Waals surface area contributed by atoms with Crippen LogP contribution in [0.2, 0.25) is 0 Å². The number of carboxylic acids is 1. The van der Waals surface area contributed by atoms with Crippen molar-refractivity contribution < 1.29 is 14.6 Å². The molecule has 4 nitrogen and oxygen atoms in total. The van der Waals surface area contributed by atoms with Gasteiger partial charge in [0.05, 0.1) is 12.6 Å². The Labute approximate surface area is 221 Å². The summed E-state index contributed by atoms with van der Waals surface area (Å²) in [5.74, 6) is 4.54. The maximum atomic E-state index is 10.6. The highest BCUT2D eigenvalue weighted by atomic mass is 16.5. The molecule has 0 aromatic carbocycles. The van der Waals surface area contributed by atoms with Crippen molar-refractivity contribution in [3.63, 3.8) is 0 Å². The van der Waals surface area contributed by atoms with Gasteiger partial charge in [-0.1, -0.05) is 65.5 Å². The van der Waals surface area contributed by atoms with Crippen molar-refractivity contribution in [2.75, 3.05) is 19.7 Å². The van der Waals surface area contributed by atoms with E-state index in [4.69, 9.17) is 9.84 Å². The summed E-state index contributed by atoms with van der Waals surface area (Å²) in [5, 5.41) is 11.7. The van der Waals surface area contributed by atoms with Crippen LogP contribution >= 0.6 is 0 Å². The molecule has 3 fully saturated rings. The van der Waals surface area contributed by atoms with E-state index in [0.29, 0.717) is 23.5 Å². The Morgan fingerprint density at radius 2 is 1.89 bits per heavy atom. The molecule has 0 aromatic rings. The number of nitrogens with one attached hydrogen (secondary N) is 1. The van der Waals surface area contributed by atoms with Crippen LogP contribution in [0.3, 0.4) is 0 Å². The van der Waals surface area contributed by atoms with Gasteiger partial charge in [0, 0.05) is 6.61 Å². The first-order chi connectivity index (χ1) is 17.1. The topological polar surface area (TPSA) is 58.6 Å². The Morgan fingerprint density at radius 1 is 1.08 bits per heavy atom. The van der Waals surface area contributed by atoms with Crippen molar-refractivity contribution in [2.45, 2.75) is 118 Å². The van der Waals surface area contributed by atoms with Gasteiger partial charge in [0.2, 0.25) is 0 Å². The van der Waals surface area contributed by atoms with Gasteiger partial charge in [-0.15, -0.1) is 0 Å². The third-order valence-corrected chi connectivity index (χ3v) is 11.4. The van der Waals surface area contributed by atoms with E-state index < -0.39 is 5.97 Å². The van der Waals surface area contributed by atoms with Crippen LogP contribution < -0.4 is 5.32 Å². The first-order valence-electron chi connectivity index (χ1n) is 15.4. The van der Waals surface area contributed by atoms with Crippen LogP contribution in [0.4, 0.5) is 0 Å². The summed E-state index contributed by atoms with van der Waals surface area (Å²) in [4.78, 5) is 10.6. The maximum absolute atomic E-state index is 10.6. The van der Waals surface area contributed by atoms with Crippen LogP contribution in [-0.2, 0) is 9.53 Å². The van der Waals surface area contributed by atoms with Gasteiger partial charge in [0.1, 0.15) is 0 Å². The quantitative estimate of drug-likeness (QED) is 0.215. The number of allylic oxidation sites excluding steroid dienone is 1. The fraction of sp³-hybridized carbons (Fsp3) is 0.906. The average molecular weight is 502 g/mol. The Bertz CT molecular complexity index is 777. The second-order valence-electron chi connectivity index (χ2n) is 13.9. The highest BCUT2D eigenvalue weighted by Gasteiger charge is 2.59. The largest absolute Gasteiger partial charge is 0.480 e. The first kappa shape index (κ1) is 28.1. The van der Waals surface area contributed by atoms with Gasteiger partial charge in [-0.3, -0.25) is 4.79 Å². The van der Waals surface area contributed by atoms with Gasteiger partial charge in [-0.2, -0.15) is 0 Å². The van der Waals surface area contributed by atoms with Crippen LogP contribution in [0.5, 0.6) is 0 Å². The Hall–Kier alpha value is -0.870. The molecular weight excluding hydrogens is 446 g/mol. The van der Waals surface area contributed by atoms with Crippen LogP contribution in [0.25, 0.3) is 0 Å². The van der Waals surface area contributed by atoms with Crippen molar-refractivity contribution in [1.82, 2.24) is 5.32 Å². The Morgan fingerprint density at radius 3 is 2.64 bits per heavy atom. The first-order valence-corrected chi connectivity index (χ1v) is 15.4. The van der Waals surface area contributed by atoms with Crippen molar-refractivity contribution in [1.29, 1.82) is 0 Å². The van der Waals surface area contributed by atoms with Crippen LogP contribution in [-0.4, -0.2) is 36.9 Å². The zero-order chi connectivity index (χ0) is 25.9. The Kier molecular flexibility index (Phi) is 9.30. The van der Waals surface area contributed by atoms with E-state index >= 15 is 0 Å². The third kappa shape index (κ3) is 5.90. The minimum absolute atomic E-state index is 0.0368. The molecule has 4 heteroatoms. The standard InChI is InChI=1S/C32H55NO3/c1-22(2)8-6-9-23(3)27-12-13-28-26-11-10-24-20-25(36-19-7-18-33-21-30(34)35)14-16-31(24,4)29(26)15-17-32(27,28)5/h10,22-23,25-29,33H,6-9,11-21H2,1-5H3,(H,34,35)/t23-,25+,26?,27-,28?,29?,31+,32-/m1/s1. The van der Waals surface area contributed by atoms with Gasteiger partial charge < -0.3 is 15.2 Å². The summed E-state index contributed by atoms with van der Waals surface area (Å²) < 4.78 is 6.26. The number of hydrogen-bond acceptors (Lipinski definition) is 3. The SMILES string of the molecule is CC(C)CCC[C@@H](C)[C@H]1CCC2C3CC=C4C[C@@H](OCCCNCC(=O)O)CC[C@]4(C)C3CC[C@@]21C. The zero-order valence-electron chi connectivity index (χ0n) is 24.0. The van der Waals surface area contributed by atoms with E-state index in [-0.39, 0.29) is 6.54 Å².